The molecule has 0 spiro atoms. The van der Waals surface area contributed by atoms with Crippen LogP contribution in [0.4, 0.5) is 0 Å². The first-order valence-corrected chi connectivity index (χ1v) is 8.66. The average Bonchev–Trinajstić information content (AvgIpc) is 2.50. The van der Waals surface area contributed by atoms with Gasteiger partial charge in [-0.1, -0.05) is 25.5 Å². The van der Waals surface area contributed by atoms with E-state index in [2.05, 4.69) is 21.9 Å². The van der Waals surface area contributed by atoms with E-state index in [9.17, 15) is 8.42 Å². The SMILES string of the molecule is CCCCNCCNS(=O)(=O)c1cccc2cnccc12. The van der Waals surface area contributed by atoms with Crippen LogP contribution in [0.25, 0.3) is 10.8 Å². The highest BCUT2D eigenvalue weighted by molar-refractivity contribution is 7.89. The number of benzene rings is 1. The first-order chi connectivity index (χ1) is 10.1. The van der Waals surface area contributed by atoms with E-state index < -0.39 is 10.0 Å². The molecule has 0 aliphatic carbocycles. The maximum Gasteiger partial charge on any atom is 0.241 e. The standard InChI is InChI=1S/C15H21N3O2S/c1-2-3-8-16-10-11-18-21(19,20)15-6-4-5-13-12-17-9-7-14(13)15/h4-7,9,12,16,18H,2-3,8,10-11H2,1H3. The van der Waals surface area contributed by atoms with Gasteiger partial charge in [-0.15, -0.1) is 0 Å². The Hall–Kier alpha value is -1.50. The van der Waals surface area contributed by atoms with Crippen molar-refractivity contribution in [1.82, 2.24) is 15.0 Å². The number of nitrogens with one attached hydrogen (secondary N) is 2. The molecule has 2 rings (SSSR count). The van der Waals surface area contributed by atoms with Gasteiger partial charge in [0.1, 0.15) is 0 Å². The summed E-state index contributed by atoms with van der Waals surface area (Å²) < 4.78 is 27.4. The summed E-state index contributed by atoms with van der Waals surface area (Å²) >= 11 is 0. The van der Waals surface area contributed by atoms with E-state index in [1.165, 1.54) is 0 Å². The number of fused-ring (bicyclic) bond motifs is 1. The third-order valence-corrected chi connectivity index (χ3v) is 4.75. The number of nitrogens with zero attached hydrogens (tertiary/aromatic N) is 1. The lowest BCUT2D eigenvalue weighted by Crippen LogP contribution is -2.32. The lowest BCUT2D eigenvalue weighted by atomic mass is 10.2. The summed E-state index contributed by atoms with van der Waals surface area (Å²) in [4.78, 5) is 4.32. The zero-order valence-electron chi connectivity index (χ0n) is 12.2. The molecule has 1 aromatic heterocycles. The molecule has 0 saturated carbocycles. The van der Waals surface area contributed by atoms with Crippen LogP contribution in [0.2, 0.25) is 0 Å². The van der Waals surface area contributed by atoms with Crippen LogP contribution in [-0.4, -0.2) is 33.0 Å². The first kappa shape index (κ1) is 15.9. The van der Waals surface area contributed by atoms with Crippen molar-refractivity contribution >= 4 is 20.8 Å². The molecule has 0 unspecified atom stereocenters. The molecule has 0 radical (unpaired) electrons. The summed E-state index contributed by atoms with van der Waals surface area (Å²) in [6, 6.07) is 6.93. The fourth-order valence-corrected chi connectivity index (χ4v) is 3.36. The minimum atomic E-state index is -3.50. The number of hydrogen-bond donors (Lipinski definition) is 2. The predicted octanol–water partition coefficient (Wildman–Crippen LogP) is 1.90. The van der Waals surface area contributed by atoms with Crippen molar-refractivity contribution in [3.05, 3.63) is 36.7 Å². The molecule has 2 N–H and O–H groups in total. The summed E-state index contributed by atoms with van der Waals surface area (Å²) in [5.41, 5.74) is 0. The number of aromatic nitrogens is 1. The van der Waals surface area contributed by atoms with Crippen LogP contribution in [0, 0.1) is 0 Å². The molecule has 1 heterocycles. The van der Waals surface area contributed by atoms with Crippen LogP contribution < -0.4 is 10.0 Å². The molecule has 0 fully saturated rings. The highest BCUT2D eigenvalue weighted by Gasteiger charge is 2.16. The van der Waals surface area contributed by atoms with Crippen LogP contribution in [0.1, 0.15) is 19.8 Å². The van der Waals surface area contributed by atoms with Gasteiger partial charge in [0.15, 0.2) is 0 Å². The fourth-order valence-electron chi connectivity index (χ4n) is 2.11. The second-order valence-electron chi connectivity index (χ2n) is 4.85. The topological polar surface area (TPSA) is 71.1 Å². The van der Waals surface area contributed by atoms with Gasteiger partial charge in [-0.2, -0.15) is 0 Å². The molecule has 2 aromatic rings. The van der Waals surface area contributed by atoms with Crippen molar-refractivity contribution in [2.24, 2.45) is 0 Å². The normalized spacial score (nSPS) is 11.9. The van der Waals surface area contributed by atoms with Crippen LogP contribution in [0.5, 0.6) is 0 Å². The summed E-state index contributed by atoms with van der Waals surface area (Å²) in [5, 5.41) is 4.72. The van der Waals surface area contributed by atoms with E-state index in [0.29, 0.717) is 23.4 Å². The summed E-state index contributed by atoms with van der Waals surface area (Å²) in [6.45, 7) is 4.05. The van der Waals surface area contributed by atoms with Crippen molar-refractivity contribution < 1.29 is 8.42 Å². The Morgan fingerprint density at radius 1 is 1.14 bits per heavy atom. The largest absolute Gasteiger partial charge is 0.315 e. The van der Waals surface area contributed by atoms with Crippen LogP contribution >= 0.6 is 0 Å². The first-order valence-electron chi connectivity index (χ1n) is 7.18. The average molecular weight is 307 g/mol. The Bertz CT molecular complexity index is 681. The predicted molar refractivity (Wildman–Crippen MR) is 84.7 cm³/mol. The lowest BCUT2D eigenvalue weighted by Gasteiger charge is -2.10. The van der Waals surface area contributed by atoms with Crippen LogP contribution in [0.3, 0.4) is 0 Å². The Balaban J connectivity index is 2.05. The zero-order valence-corrected chi connectivity index (χ0v) is 13.0. The molecular weight excluding hydrogens is 286 g/mol. The molecule has 0 aliphatic rings. The third kappa shape index (κ3) is 4.23. The van der Waals surface area contributed by atoms with E-state index in [-0.39, 0.29) is 0 Å². The molecule has 114 valence electrons. The van der Waals surface area contributed by atoms with E-state index in [1.807, 2.05) is 6.07 Å². The monoisotopic (exact) mass is 307 g/mol. The van der Waals surface area contributed by atoms with Crippen molar-refractivity contribution in [1.29, 1.82) is 0 Å². The third-order valence-electron chi connectivity index (χ3n) is 3.23. The number of unbranched alkanes of at least 4 members (excludes halogenated alkanes) is 1. The summed E-state index contributed by atoms with van der Waals surface area (Å²) in [6.07, 6.45) is 5.50. The van der Waals surface area contributed by atoms with Crippen LogP contribution in [0.15, 0.2) is 41.6 Å². The van der Waals surface area contributed by atoms with Gasteiger partial charge >= 0.3 is 0 Å². The number of pyridine rings is 1. The Morgan fingerprint density at radius 2 is 2.00 bits per heavy atom. The van der Waals surface area contributed by atoms with Gasteiger partial charge < -0.3 is 5.32 Å². The highest BCUT2D eigenvalue weighted by atomic mass is 32.2. The molecule has 5 nitrogen and oxygen atoms in total. The molecule has 0 saturated heterocycles. The molecule has 0 aliphatic heterocycles. The second-order valence-corrected chi connectivity index (χ2v) is 6.59. The summed E-state index contributed by atoms with van der Waals surface area (Å²) in [5.74, 6) is 0. The van der Waals surface area contributed by atoms with E-state index >= 15 is 0 Å². The van der Waals surface area contributed by atoms with Gasteiger partial charge in [0.25, 0.3) is 0 Å². The van der Waals surface area contributed by atoms with E-state index in [0.717, 1.165) is 24.8 Å². The van der Waals surface area contributed by atoms with Crippen molar-refractivity contribution in [2.45, 2.75) is 24.7 Å². The Kier molecular flexibility index (Phi) is 5.67. The number of sulfonamides is 1. The maximum absolute atomic E-state index is 12.4. The minimum Gasteiger partial charge on any atom is -0.315 e. The fraction of sp³-hybridized carbons (Fsp3) is 0.400. The van der Waals surface area contributed by atoms with Gasteiger partial charge in [-0.25, -0.2) is 13.1 Å². The number of rotatable bonds is 8. The van der Waals surface area contributed by atoms with Gasteiger partial charge in [0.05, 0.1) is 4.90 Å². The molecule has 6 heteroatoms. The Labute approximate surface area is 125 Å². The quantitative estimate of drug-likeness (QED) is 0.731. The van der Waals surface area contributed by atoms with Crippen molar-refractivity contribution in [2.75, 3.05) is 19.6 Å². The van der Waals surface area contributed by atoms with Crippen LogP contribution in [-0.2, 0) is 10.0 Å². The smallest absolute Gasteiger partial charge is 0.241 e. The minimum absolute atomic E-state index is 0.302. The second kappa shape index (κ2) is 7.49. The molecule has 0 bridgehead atoms. The van der Waals surface area contributed by atoms with E-state index in [4.69, 9.17) is 0 Å². The highest BCUT2D eigenvalue weighted by Crippen LogP contribution is 2.21. The van der Waals surface area contributed by atoms with Gasteiger partial charge in [0, 0.05) is 36.3 Å². The van der Waals surface area contributed by atoms with Crippen molar-refractivity contribution in [3.63, 3.8) is 0 Å². The molecule has 0 amide bonds. The van der Waals surface area contributed by atoms with Gasteiger partial charge in [0.2, 0.25) is 10.0 Å². The zero-order chi connectivity index (χ0) is 15.1. The maximum atomic E-state index is 12.4. The molecular formula is C15H21N3O2S. The van der Waals surface area contributed by atoms with Gasteiger partial charge in [-0.05, 0) is 25.1 Å². The molecule has 1 aromatic carbocycles. The lowest BCUT2D eigenvalue weighted by molar-refractivity contribution is 0.574. The van der Waals surface area contributed by atoms with E-state index in [1.54, 1.807) is 30.6 Å². The number of hydrogen-bond acceptors (Lipinski definition) is 4. The van der Waals surface area contributed by atoms with Crippen molar-refractivity contribution in [3.8, 4) is 0 Å². The summed E-state index contributed by atoms with van der Waals surface area (Å²) in [7, 11) is -3.50. The molecule has 21 heavy (non-hydrogen) atoms. The molecule has 0 atom stereocenters. The van der Waals surface area contributed by atoms with Gasteiger partial charge in [-0.3, -0.25) is 4.98 Å². The Morgan fingerprint density at radius 3 is 2.81 bits per heavy atom.